The van der Waals surface area contributed by atoms with Crippen molar-refractivity contribution in [2.75, 3.05) is 13.1 Å². The maximum absolute atomic E-state index is 13.2. The van der Waals surface area contributed by atoms with Gasteiger partial charge in [0.05, 0.1) is 21.9 Å². The molecule has 176 valence electrons. The number of hydrogen-bond donors (Lipinski definition) is 3. The number of nitrogens with two attached hydrogens (primary N) is 1. The van der Waals surface area contributed by atoms with Crippen molar-refractivity contribution in [2.45, 2.75) is 40.8 Å². The number of hydrogen-bond acceptors (Lipinski definition) is 10. The Bertz CT molecular complexity index is 1380. The van der Waals surface area contributed by atoms with Crippen LogP contribution in [0.4, 0.5) is 0 Å². The van der Waals surface area contributed by atoms with Crippen molar-refractivity contribution in [3.8, 4) is 22.5 Å². The van der Waals surface area contributed by atoms with Crippen LogP contribution < -0.4 is 10.5 Å². The van der Waals surface area contributed by atoms with Crippen molar-refractivity contribution in [3.63, 3.8) is 0 Å². The summed E-state index contributed by atoms with van der Waals surface area (Å²) in [5.74, 6) is -0.0569. The molecule has 5 rings (SSSR count). The molecule has 15 heteroatoms. The number of sulfonamides is 1. The number of fused-ring (bicyclic) bond motifs is 1. The lowest BCUT2D eigenvalue weighted by Gasteiger charge is -2.28. The fraction of sp³-hybridized carbons (Fsp3) is 0.389. The van der Waals surface area contributed by atoms with Crippen molar-refractivity contribution in [1.29, 1.82) is 0 Å². The molecule has 2 aliphatic rings. The first-order valence-electron chi connectivity index (χ1n) is 10.0. The molecule has 1 fully saturated rings. The number of rotatable bonds is 5. The van der Waals surface area contributed by atoms with Crippen molar-refractivity contribution in [2.24, 2.45) is 5.14 Å². The molecule has 0 bridgehead atoms. The van der Waals surface area contributed by atoms with E-state index in [4.69, 9.17) is 9.93 Å². The van der Waals surface area contributed by atoms with E-state index in [1.165, 1.54) is 6.07 Å². The number of tetrazole rings is 1. The Hall–Kier alpha value is -3.01. The molecular formula is C18H22N8O5S2. The fourth-order valence-corrected chi connectivity index (χ4v) is 7.27. The van der Waals surface area contributed by atoms with E-state index in [0.29, 0.717) is 11.1 Å². The maximum Gasteiger partial charge on any atom is 0.240 e. The highest BCUT2D eigenvalue weighted by Crippen LogP contribution is 2.41. The van der Waals surface area contributed by atoms with Gasteiger partial charge >= 0.3 is 0 Å². The molecule has 0 aliphatic carbocycles. The van der Waals surface area contributed by atoms with Gasteiger partial charge in [-0.2, -0.15) is 10.3 Å². The molecule has 2 aliphatic heterocycles. The van der Waals surface area contributed by atoms with Crippen LogP contribution in [0.3, 0.4) is 0 Å². The van der Waals surface area contributed by atoms with Gasteiger partial charge in [-0.1, -0.05) is 6.07 Å². The second-order valence-corrected chi connectivity index (χ2v) is 11.3. The zero-order valence-corrected chi connectivity index (χ0v) is 19.1. The highest BCUT2D eigenvalue weighted by Gasteiger charge is 2.39. The average molecular weight is 495 g/mol. The van der Waals surface area contributed by atoms with Gasteiger partial charge in [0.15, 0.2) is 9.84 Å². The topological polar surface area (TPSA) is 196 Å². The lowest BCUT2D eigenvalue weighted by atomic mass is 9.96. The molecule has 0 unspecified atom stereocenters. The molecule has 0 radical (unpaired) electrons. The van der Waals surface area contributed by atoms with Crippen LogP contribution in [-0.4, -0.2) is 72.4 Å². The summed E-state index contributed by atoms with van der Waals surface area (Å²) >= 11 is 0. The first-order chi connectivity index (χ1) is 15.8. The van der Waals surface area contributed by atoms with Crippen LogP contribution in [0.1, 0.15) is 18.5 Å². The van der Waals surface area contributed by atoms with Crippen molar-refractivity contribution < 1.29 is 21.6 Å². The Kier molecular flexibility index (Phi) is 6.13. The molecule has 33 heavy (non-hydrogen) atoms. The van der Waals surface area contributed by atoms with Crippen molar-refractivity contribution >= 4 is 26.6 Å². The number of benzene rings is 1. The second kappa shape index (κ2) is 8.74. The highest BCUT2D eigenvalue weighted by molar-refractivity contribution is 7.94. The third kappa shape index (κ3) is 3.96. The van der Waals surface area contributed by atoms with E-state index in [9.17, 15) is 16.8 Å². The number of carbonyl (C=O) groups is 1. The molecule has 0 saturated carbocycles. The molecule has 2 aromatic heterocycles. The Morgan fingerprint density at radius 2 is 1.85 bits per heavy atom. The van der Waals surface area contributed by atoms with Gasteiger partial charge in [0.2, 0.25) is 15.8 Å². The minimum atomic E-state index is -4.47. The molecule has 3 aromatic rings. The molecular weight excluding hydrogens is 472 g/mol. The number of sulfone groups is 1. The van der Waals surface area contributed by atoms with Crippen LogP contribution in [0.5, 0.6) is 0 Å². The van der Waals surface area contributed by atoms with Crippen LogP contribution in [0.2, 0.25) is 0 Å². The SMILES string of the molecule is C=O.NS(=O)(=O)c1c(S(=O)(=O)C2CNC2)ccc(-c2cnn3c2CCCC3)c1-c1nn[nH]n1. The molecule has 0 atom stereocenters. The lowest BCUT2D eigenvalue weighted by molar-refractivity contribution is -0.0980. The zero-order chi connectivity index (χ0) is 23.8. The van der Waals surface area contributed by atoms with E-state index in [2.05, 4.69) is 31.0 Å². The maximum atomic E-state index is 13.2. The monoisotopic (exact) mass is 494 g/mol. The Balaban J connectivity index is 0.00000126. The van der Waals surface area contributed by atoms with E-state index in [1.807, 2.05) is 11.5 Å². The second-order valence-electron chi connectivity index (χ2n) is 7.61. The first-order valence-corrected chi connectivity index (χ1v) is 13.1. The van der Waals surface area contributed by atoms with Crippen molar-refractivity contribution in [3.05, 3.63) is 24.0 Å². The number of H-pyrrole nitrogens is 1. The van der Waals surface area contributed by atoms with E-state index >= 15 is 0 Å². The third-order valence-corrected chi connectivity index (χ3v) is 9.02. The van der Waals surface area contributed by atoms with Gasteiger partial charge in [-0.3, -0.25) is 4.68 Å². The summed E-state index contributed by atoms with van der Waals surface area (Å²) in [5, 5.41) is 25.9. The van der Waals surface area contributed by atoms with Gasteiger partial charge in [-0.25, -0.2) is 22.0 Å². The van der Waals surface area contributed by atoms with Crippen LogP contribution >= 0.6 is 0 Å². The third-order valence-electron chi connectivity index (χ3n) is 5.74. The number of nitrogens with one attached hydrogen (secondary N) is 2. The van der Waals surface area contributed by atoms with Crippen LogP contribution in [0, 0.1) is 0 Å². The van der Waals surface area contributed by atoms with Gasteiger partial charge in [-0.15, -0.1) is 10.2 Å². The molecule has 4 heterocycles. The molecule has 4 N–H and O–H groups in total. The first kappa shape index (κ1) is 23.2. The summed E-state index contributed by atoms with van der Waals surface area (Å²) in [6.45, 7) is 3.24. The van der Waals surface area contributed by atoms with Gasteiger partial charge in [0.1, 0.15) is 11.7 Å². The summed E-state index contributed by atoms with van der Waals surface area (Å²) < 4.78 is 53.8. The van der Waals surface area contributed by atoms with E-state index in [1.54, 1.807) is 12.3 Å². The van der Waals surface area contributed by atoms with Crippen LogP contribution in [-0.2, 0) is 37.6 Å². The van der Waals surface area contributed by atoms with Gasteiger partial charge < -0.3 is 10.1 Å². The Labute approximate surface area is 189 Å². The summed E-state index contributed by atoms with van der Waals surface area (Å²) in [4.78, 5) is 7.13. The van der Waals surface area contributed by atoms with E-state index < -0.39 is 30.0 Å². The largest absolute Gasteiger partial charge is 0.314 e. The average Bonchev–Trinajstić information content (AvgIpc) is 3.42. The van der Waals surface area contributed by atoms with Crippen LogP contribution in [0.15, 0.2) is 28.1 Å². The number of nitrogens with zero attached hydrogens (tertiary/aromatic N) is 5. The summed E-state index contributed by atoms with van der Waals surface area (Å²) in [6, 6.07) is 2.88. The predicted octanol–water partition coefficient (Wildman–Crippen LogP) is -0.725. The quantitative estimate of drug-likeness (QED) is 0.407. The number of carbonyl (C=O) groups excluding carboxylic acids is 1. The molecule has 0 spiro atoms. The summed E-state index contributed by atoms with van der Waals surface area (Å²) in [7, 11) is -8.44. The summed E-state index contributed by atoms with van der Waals surface area (Å²) in [6.07, 6.45) is 4.39. The smallest absolute Gasteiger partial charge is 0.240 e. The van der Waals surface area contributed by atoms with Gasteiger partial charge in [0, 0.05) is 30.9 Å². The number of aryl methyl sites for hydroxylation is 1. The Morgan fingerprint density at radius 1 is 1.09 bits per heavy atom. The van der Waals surface area contributed by atoms with Gasteiger partial charge in [0.25, 0.3) is 0 Å². The summed E-state index contributed by atoms with van der Waals surface area (Å²) in [5.41, 5.74) is 2.08. The molecule has 1 aromatic carbocycles. The minimum absolute atomic E-state index is 0.00554. The predicted molar refractivity (Wildman–Crippen MR) is 116 cm³/mol. The van der Waals surface area contributed by atoms with Crippen LogP contribution in [0.25, 0.3) is 22.5 Å². The zero-order valence-electron chi connectivity index (χ0n) is 17.4. The molecule has 13 nitrogen and oxygen atoms in total. The fourth-order valence-electron chi connectivity index (χ4n) is 4.09. The van der Waals surface area contributed by atoms with Gasteiger partial charge in [-0.05, 0) is 36.1 Å². The normalized spacial score (nSPS) is 16.4. The number of primary sulfonamides is 1. The highest BCUT2D eigenvalue weighted by atomic mass is 32.2. The molecule has 1 saturated heterocycles. The Morgan fingerprint density at radius 3 is 2.45 bits per heavy atom. The number of aromatic nitrogens is 6. The van der Waals surface area contributed by atoms with E-state index in [-0.39, 0.29) is 29.4 Å². The molecule has 0 amide bonds. The van der Waals surface area contributed by atoms with Crippen molar-refractivity contribution in [1.82, 2.24) is 35.7 Å². The van der Waals surface area contributed by atoms with E-state index in [0.717, 1.165) is 31.5 Å². The lowest BCUT2D eigenvalue weighted by Crippen LogP contribution is -2.51. The standard InChI is InChI=1S/C17H20N8O4S2.CH2O/c18-31(28,29)16-14(30(26,27)10-7-19-8-10)5-4-11(15(16)17-21-23-24-22-17)12-9-20-25-6-2-1-3-13(12)25;1-2/h4-5,9-10,19H,1-3,6-8H2,(H2,18,28,29)(H,21,22,23,24);1H2. The minimum Gasteiger partial charge on any atom is -0.314 e. The number of aromatic amines is 1.